The molecule has 5 nitrogen and oxygen atoms in total. The Morgan fingerprint density at radius 1 is 1.45 bits per heavy atom. The molecule has 0 fully saturated rings. The Morgan fingerprint density at radius 3 is 2.80 bits per heavy atom. The predicted molar refractivity (Wildman–Crippen MR) is 78.8 cm³/mol. The molecule has 0 aromatic heterocycles. The Balaban J connectivity index is 2.41. The van der Waals surface area contributed by atoms with E-state index in [1.54, 1.807) is 13.0 Å². The summed E-state index contributed by atoms with van der Waals surface area (Å²) < 4.78 is 4.74. The van der Waals surface area contributed by atoms with Gasteiger partial charge in [-0.3, -0.25) is 9.59 Å². The molecular weight excluding hydrogens is 300 g/mol. The molecule has 0 saturated carbocycles. The zero-order chi connectivity index (χ0) is 15.0. The fourth-order valence-corrected chi connectivity index (χ4v) is 2.14. The van der Waals surface area contributed by atoms with E-state index in [4.69, 9.17) is 21.6 Å². The lowest BCUT2D eigenvalue weighted by Crippen LogP contribution is -2.16. The number of esters is 1. The average molecular weight is 313 g/mol. The van der Waals surface area contributed by atoms with Crippen LogP contribution in [-0.2, 0) is 14.3 Å². The summed E-state index contributed by atoms with van der Waals surface area (Å²) in [6.07, 6.45) is 0. The minimum atomic E-state index is -0.341. The second kappa shape index (κ2) is 8.46. The van der Waals surface area contributed by atoms with Gasteiger partial charge in [-0.2, -0.15) is 5.26 Å². The van der Waals surface area contributed by atoms with E-state index in [0.29, 0.717) is 17.9 Å². The Kier molecular flexibility index (Phi) is 6.91. The largest absolute Gasteiger partial charge is 0.465 e. The minimum Gasteiger partial charge on any atom is -0.465 e. The molecule has 1 aromatic carbocycles. The van der Waals surface area contributed by atoms with Gasteiger partial charge in [0.15, 0.2) is 0 Å². The lowest BCUT2D eigenvalue weighted by atomic mass is 10.2. The van der Waals surface area contributed by atoms with Crippen molar-refractivity contribution in [2.24, 2.45) is 0 Å². The smallest absolute Gasteiger partial charge is 0.315 e. The van der Waals surface area contributed by atoms with Crippen LogP contribution >= 0.6 is 23.4 Å². The van der Waals surface area contributed by atoms with Crippen LogP contribution in [0.25, 0.3) is 0 Å². The summed E-state index contributed by atoms with van der Waals surface area (Å²) in [6.45, 7) is 2.05. The van der Waals surface area contributed by atoms with Crippen LogP contribution in [0.5, 0.6) is 0 Å². The van der Waals surface area contributed by atoms with E-state index in [1.165, 1.54) is 23.9 Å². The monoisotopic (exact) mass is 312 g/mol. The quantitative estimate of drug-likeness (QED) is 0.816. The molecule has 0 aliphatic rings. The van der Waals surface area contributed by atoms with Crippen LogP contribution in [0.3, 0.4) is 0 Å². The molecule has 0 spiro atoms. The standard InChI is InChI=1S/C13H13ClN2O3S/c1-2-19-13(18)8-20-7-12(17)16-10-4-3-9(6-15)11(14)5-10/h3-5H,2,7-8H2,1H3,(H,16,17). The van der Waals surface area contributed by atoms with Crippen molar-refractivity contribution in [3.63, 3.8) is 0 Å². The number of hydrogen-bond donors (Lipinski definition) is 1. The summed E-state index contributed by atoms with van der Waals surface area (Å²) in [5, 5.41) is 11.7. The molecule has 0 aliphatic carbocycles. The molecule has 1 amide bonds. The number of nitrogens with zero attached hydrogens (tertiary/aromatic N) is 1. The van der Waals surface area contributed by atoms with Crippen molar-refractivity contribution in [1.82, 2.24) is 0 Å². The number of amides is 1. The Hall–Kier alpha value is -1.71. The van der Waals surface area contributed by atoms with Gasteiger partial charge in [0.1, 0.15) is 6.07 Å². The first-order chi connectivity index (χ1) is 9.56. The van der Waals surface area contributed by atoms with Gasteiger partial charge in [0.25, 0.3) is 0 Å². The number of ether oxygens (including phenoxy) is 1. The molecule has 0 heterocycles. The molecule has 7 heteroatoms. The van der Waals surface area contributed by atoms with Crippen LogP contribution in [-0.4, -0.2) is 30.0 Å². The number of hydrogen-bond acceptors (Lipinski definition) is 5. The van der Waals surface area contributed by atoms with E-state index in [-0.39, 0.29) is 28.4 Å². The van der Waals surface area contributed by atoms with Gasteiger partial charge < -0.3 is 10.1 Å². The minimum absolute atomic E-state index is 0.134. The molecule has 0 unspecified atom stereocenters. The summed E-state index contributed by atoms with van der Waals surface area (Å²) in [6, 6.07) is 6.57. The van der Waals surface area contributed by atoms with Crippen LogP contribution in [0.2, 0.25) is 5.02 Å². The summed E-state index contributed by atoms with van der Waals surface area (Å²) in [4.78, 5) is 22.7. The topological polar surface area (TPSA) is 79.2 Å². The number of halogens is 1. The van der Waals surface area contributed by atoms with Gasteiger partial charge in [-0.25, -0.2) is 0 Å². The number of thioether (sulfide) groups is 1. The highest BCUT2D eigenvalue weighted by Crippen LogP contribution is 2.20. The van der Waals surface area contributed by atoms with E-state index in [0.717, 1.165) is 0 Å². The fraction of sp³-hybridized carbons (Fsp3) is 0.308. The molecule has 0 aliphatic heterocycles. The summed E-state index contributed by atoms with van der Waals surface area (Å²) in [7, 11) is 0. The summed E-state index contributed by atoms with van der Waals surface area (Å²) >= 11 is 7.02. The highest BCUT2D eigenvalue weighted by molar-refractivity contribution is 8.00. The number of anilines is 1. The molecule has 1 rings (SSSR count). The second-order valence-electron chi connectivity index (χ2n) is 3.65. The third-order valence-electron chi connectivity index (χ3n) is 2.13. The molecule has 0 radical (unpaired) electrons. The van der Waals surface area contributed by atoms with E-state index >= 15 is 0 Å². The number of nitriles is 1. The molecule has 0 atom stereocenters. The Labute approximate surface area is 126 Å². The maximum Gasteiger partial charge on any atom is 0.315 e. The SMILES string of the molecule is CCOC(=O)CSCC(=O)Nc1ccc(C#N)c(Cl)c1. The zero-order valence-electron chi connectivity index (χ0n) is 10.8. The van der Waals surface area contributed by atoms with E-state index in [2.05, 4.69) is 5.32 Å². The van der Waals surface area contributed by atoms with Crippen molar-refractivity contribution in [2.75, 3.05) is 23.4 Å². The molecule has 106 valence electrons. The summed E-state index contributed by atoms with van der Waals surface area (Å²) in [5.41, 5.74) is 0.858. The maximum absolute atomic E-state index is 11.6. The number of rotatable bonds is 6. The van der Waals surface area contributed by atoms with Crippen molar-refractivity contribution in [3.8, 4) is 6.07 Å². The Morgan fingerprint density at radius 2 is 2.20 bits per heavy atom. The van der Waals surface area contributed by atoms with Crippen molar-refractivity contribution in [2.45, 2.75) is 6.92 Å². The molecule has 0 bridgehead atoms. The number of nitrogens with one attached hydrogen (secondary N) is 1. The third kappa shape index (κ3) is 5.51. The molecular formula is C13H13ClN2O3S. The average Bonchev–Trinajstić information content (AvgIpc) is 2.39. The number of carbonyl (C=O) groups excluding carboxylic acids is 2. The molecule has 1 aromatic rings. The van der Waals surface area contributed by atoms with Gasteiger partial charge in [0, 0.05) is 5.69 Å². The third-order valence-corrected chi connectivity index (χ3v) is 3.35. The van der Waals surface area contributed by atoms with Gasteiger partial charge >= 0.3 is 5.97 Å². The normalized spacial score (nSPS) is 9.65. The molecule has 1 N–H and O–H groups in total. The lowest BCUT2D eigenvalue weighted by molar-refractivity contribution is -0.139. The predicted octanol–water partition coefficient (Wildman–Crippen LogP) is 2.45. The number of benzene rings is 1. The second-order valence-corrected chi connectivity index (χ2v) is 5.05. The van der Waals surface area contributed by atoms with Crippen LogP contribution in [0.15, 0.2) is 18.2 Å². The van der Waals surface area contributed by atoms with Crippen molar-refractivity contribution < 1.29 is 14.3 Å². The summed E-state index contributed by atoms with van der Waals surface area (Å²) in [5.74, 6) is -0.321. The lowest BCUT2D eigenvalue weighted by Gasteiger charge is -2.06. The van der Waals surface area contributed by atoms with E-state index in [9.17, 15) is 9.59 Å². The van der Waals surface area contributed by atoms with Crippen molar-refractivity contribution in [1.29, 1.82) is 5.26 Å². The van der Waals surface area contributed by atoms with Crippen molar-refractivity contribution >= 4 is 40.9 Å². The van der Waals surface area contributed by atoms with Gasteiger partial charge in [-0.05, 0) is 25.1 Å². The van der Waals surface area contributed by atoms with Gasteiger partial charge in [-0.15, -0.1) is 11.8 Å². The number of carbonyl (C=O) groups is 2. The molecule has 20 heavy (non-hydrogen) atoms. The van der Waals surface area contributed by atoms with Crippen LogP contribution in [0, 0.1) is 11.3 Å². The van der Waals surface area contributed by atoms with Crippen LogP contribution < -0.4 is 5.32 Å². The van der Waals surface area contributed by atoms with Gasteiger partial charge in [-0.1, -0.05) is 11.6 Å². The first-order valence-electron chi connectivity index (χ1n) is 5.79. The highest BCUT2D eigenvalue weighted by atomic mass is 35.5. The van der Waals surface area contributed by atoms with Gasteiger partial charge in [0.05, 0.1) is 28.7 Å². The Bertz CT molecular complexity index is 543. The van der Waals surface area contributed by atoms with Crippen LogP contribution in [0.4, 0.5) is 5.69 Å². The van der Waals surface area contributed by atoms with Gasteiger partial charge in [0.2, 0.25) is 5.91 Å². The maximum atomic E-state index is 11.6. The zero-order valence-corrected chi connectivity index (χ0v) is 12.4. The molecule has 0 saturated heterocycles. The van der Waals surface area contributed by atoms with E-state index in [1.807, 2.05) is 6.07 Å². The first kappa shape index (κ1) is 16.3. The first-order valence-corrected chi connectivity index (χ1v) is 7.33. The van der Waals surface area contributed by atoms with Crippen LogP contribution in [0.1, 0.15) is 12.5 Å². The van der Waals surface area contributed by atoms with Crippen molar-refractivity contribution in [3.05, 3.63) is 28.8 Å². The van der Waals surface area contributed by atoms with E-state index < -0.39 is 0 Å². The highest BCUT2D eigenvalue weighted by Gasteiger charge is 2.07. The fourth-order valence-electron chi connectivity index (χ4n) is 1.31.